The van der Waals surface area contributed by atoms with Crippen LogP contribution in [0.1, 0.15) is 18.9 Å². The van der Waals surface area contributed by atoms with Gasteiger partial charge < -0.3 is 40.0 Å². The van der Waals surface area contributed by atoms with Gasteiger partial charge in [0.05, 0.1) is 32.0 Å². The van der Waals surface area contributed by atoms with E-state index in [2.05, 4.69) is 29.9 Å². The average molecular weight is 737 g/mol. The van der Waals surface area contributed by atoms with Gasteiger partial charge in [-0.2, -0.15) is 4.98 Å². The van der Waals surface area contributed by atoms with Gasteiger partial charge in [0.15, 0.2) is 41.3 Å². The summed E-state index contributed by atoms with van der Waals surface area (Å²) in [5.74, 6) is -0.111. The van der Waals surface area contributed by atoms with Gasteiger partial charge in [-0.3, -0.25) is 28.0 Å². The lowest BCUT2D eigenvalue weighted by atomic mass is 10.1. The fourth-order valence-electron chi connectivity index (χ4n) is 5.10. The lowest BCUT2D eigenvalue weighted by Gasteiger charge is -2.25. The predicted octanol–water partition coefficient (Wildman–Crippen LogP) is 0.720. The topological polar surface area (TPSA) is 272 Å². The Hall–Kier alpha value is -3.01. The van der Waals surface area contributed by atoms with Gasteiger partial charge in [-0.05, 0) is 22.6 Å². The number of ether oxygens (including phenoxy) is 2. The van der Waals surface area contributed by atoms with Gasteiger partial charge in [-0.15, -0.1) is 0 Å². The summed E-state index contributed by atoms with van der Waals surface area (Å²) in [6.07, 6.45) is -5.75. The number of halogens is 1. The predicted molar refractivity (Wildman–Crippen MR) is 166 cm³/mol. The lowest BCUT2D eigenvalue weighted by molar-refractivity contribution is -0.0513. The standard InChI is InChI=1S/C22H27FN10O10P2S2/c1-38-45(37,47-2)40-5-11-15(12(23)21(42-11)32-7-28-13-16(24)26-6-27-17(13)32)43-44(36,46)39-4-9-3-10(34)20(41-9)33-8-29-14-18(33)30-22(25)31-19(14)35/h2,6-12,15,20-21,34H,3-5H2,1H3,(H,36,46)(H2,24,26,27)(H3,25,30,31,35)/t9-,10+,11?,12+,15+,20+,21+,44?,45-/m0/s1. The summed E-state index contributed by atoms with van der Waals surface area (Å²) in [7, 11) is 1.43. The van der Waals surface area contributed by atoms with Crippen molar-refractivity contribution in [2.24, 2.45) is 0 Å². The van der Waals surface area contributed by atoms with E-state index in [1.807, 2.05) is 0 Å². The average Bonchev–Trinajstić information content (AvgIpc) is 3.81. The van der Waals surface area contributed by atoms with Crippen LogP contribution in [0.5, 0.6) is 0 Å². The summed E-state index contributed by atoms with van der Waals surface area (Å²) in [4.78, 5) is 45.6. The zero-order valence-corrected chi connectivity index (χ0v) is 27.4. The van der Waals surface area contributed by atoms with E-state index >= 15 is 4.39 Å². The Bertz CT molecular complexity index is 2010. The van der Waals surface area contributed by atoms with Crippen molar-refractivity contribution in [1.82, 2.24) is 39.0 Å². The van der Waals surface area contributed by atoms with Crippen molar-refractivity contribution in [3.05, 3.63) is 29.3 Å². The number of aromatic amines is 1. The van der Waals surface area contributed by atoms with Crippen molar-refractivity contribution in [2.75, 3.05) is 31.8 Å². The normalized spacial score (nSPS) is 28.9. The van der Waals surface area contributed by atoms with Crippen molar-refractivity contribution in [3.8, 4) is 5.69 Å². The monoisotopic (exact) mass is 736 g/mol. The van der Waals surface area contributed by atoms with Crippen molar-refractivity contribution in [2.45, 2.75) is 49.5 Å². The number of hydrogen-bond donors (Lipinski definition) is 5. The van der Waals surface area contributed by atoms with Crippen LogP contribution < -0.4 is 17.0 Å². The minimum Gasteiger partial charge on any atom is -0.388 e. The number of hydrogen-bond acceptors (Lipinski definition) is 17. The molecule has 2 aliphatic heterocycles. The van der Waals surface area contributed by atoms with Gasteiger partial charge in [0.1, 0.15) is 30.2 Å². The third-order valence-corrected chi connectivity index (χ3v) is 11.5. The number of aliphatic hydroxyl groups excluding tert-OH is 1. The van der Waals surface area contributed by atoms with Gasteiger partial charge in [0.25, 0.3) is 5.56 Å². The molecule has 0 spiro atoms. The maximum Gasteiger partial charge on any atom is 0.417 e. The van der Waals surface area contributed by atoms with E-state index in [4.69, 9.17) is 56.5 Å². The van der Waals surface area contributed by atoms with E-state index < -0.39 is 68.7 Å². The van der Waals surface area contributed by atoms with Crippen LogP contribution in [0.3, 0.4) is 0 Å². The number of H-pyrrole nitrogens is 1. The Balaban J connectivity index is 1.17. The molecule has 2 saturated heterocycles. The number of alkyl halides is 1. The molecule has 9 atom stereocenters. The van der Waals surface area contributed by atoms with Gasteiger partial charge >= 0.3 is 13.5 Å². The SMILES string of the molecule is C#S[P@@](=O)(OC)OCC1O[C@@H](n2cnc3c(N)ncnc32)[C@H](F)[C@@H]1OP(O)(=S)OC[C@@H]1C[C@@H](O)[C@H](n2cnc3c(=O)[nH]c(N)nc32)O1. The second-order valence-electron chi connectivity index (χ2n) is 10.2. The summed E-state index contributed by atoms with van der Waals surface area (Å²) >= 11 is 5.19. The minimum atomic E-state index is -4.26. The molecule has 25 heteroatoms. The zero-order chi connectivity index (χ0) is 33.7. The number of aliphatic hydroxyl groups is 1. The number of nitrogen functional groups attached to an aromatic ring is 2. The van der Waals surface area contributed by atoms with Crippen LogP contribution in [0.15, 0.2) is 23.8 Å². The van der Waals surface area contributed by atoms with Gasteiger partial charge in [-0.25, -0.2) is 28.9 Å². The Morgan fingerprint density at radius 3 is 2.60 bits per heavy atom. The number of nitrogens with one attached hydrogen (secondary N) is 1. The Morgan fingerprint density at radius 1 is 1.15 bits per heavy atom. The fourth-order valence-corrected chi connectivity index (χ4v) is 7.76. The van der Waals surface area contributed by atoms with Crippen LogP contribution in [0.25, 0.3) is 22.3 Å². The van der Waals surface area contributed by atoms with Crippen LogP contribution >= 0.6 is 24.3 Å². The number of fused-ring (bicyclic) bond motifs is 2. The molecular weight excluding hydrogens is 709 g/mol. The Labute approximate surface area is 271 Å². The highest BCUT2D eigenvalue weighted by atomic mass is 32.7. The highest BCUT2D eigenvalue weighted by Crippen LogP contribution is 2.56. The Morgan fingerprint density at radius 2 is 1.87 bits per heavy atom. The number of aromatic nitrogens is 8. The van der Waals surface area contributed by atoms with Gasteiger partial charge in [0, 0.05) is 13.5 Å². The van der Waals surface area contributed by atoms with Crippen molar-refractivity contribution in [3.63, 3.8) is 0 Å². The van der Waals surface area contributed by atoms with E-state index in [0.29, 0.717) is 10.8 Å². The molecule has 7 N–H and O–H groups in total. The molecule has 254 valence electrons. The van der Waals surface area contributed by atoms with E-state index in [1.165, 1.54) is 21.8 Å². The smallest absolute Gasteiger partial charge is 0.388 e. The highest BCUT2D eigenvalue weighted by Gasteiger charge is 2.50. The third kappa shape index (κ3) is 6.68. The zero-order valence-electron chi connectivity index (χ0n) is 24.0. The summed E-state index contributed by atoms with van der Waals surface area (Å²) in [5.41, 5.74) is 16.8. The van der Waals surface area contributed by atoms with Gasteiger partial charge in [0.2, 0.25) is 5.95 Å². The molecule has 0 bridgehead atoms. The van der Waals surface area contributed by atoms with Crippen LogP contribution in [-0.4, -0.2) is 99.9 Å². The molecule has 4 aromatic heterocycles. The lowest BCUT2D eigenvalue weighted by Crippen LogP contribution is -2.34. The molecule has 0 saturated carbocycles. The van der Waals surface area contributed by atoms with E-state index in [0.717, 1.165) is 13.4 Å². The summed E-state index contributed by atoms with van der Waals surface area (Å²) in [6, 6.07) is 0. The van der Waals surface area contributed by atoms with Crippen molar-refractivity contribution >= 4 is 70.2 Å². The molecule has 6 rings (SSSR count). The quantitative estimate of drug-likeness (QED) is 0.133. The molecular formula is C22H27FN10O10P2S2. The van der Waals surface area contributed by atoms with Crippen molar-refractivity contribution < 1.29 is 46.5 Å². The molecule has 2 unspecified atom stereocenters. The first-order chi connectivity index (χ1) is 22.3. The summed E-state index contributed by atoms with van der Waals surface area (Å²) in [5, 5.41) is 10.7. The van der Waals surface area contributed by atoms with Crippen LogP contribution in [0.2, 0.25) is 0 Å². The number of nitrogens with zero attached hydrogens (tertiary/aromatic N) is 7. The van der Waals surface area contributed by atoms with E-state index in [1.54, 1.807) is 0 Å². The number of nitrogens with two attached hydrogens (primary N) is 2. The first kappa shape index (κ1) is 33.9. The Kier molecular flexibility index (Phi) is 9.46. The van der Waals surface area contributed by atoms with Crippen LogP contribution in [0, 0.1) is 5.69 Å². The summed E-state index contributed by atoms with van der Waals surface area (Å²) in [6.45, 7) is -9.05. The molecule has 0 aromatic carbocycles. The maximum absolute atomic E-state index is 16.1. The molecule has 4 aromatic rings. The number of rotatable bonds is 11. The first-order valence-corrected chi connectivity index (χ1v) is 19.1. The molecule has 2 aliphatic rings. The molecule has 6 heterocycles. The molecule has 0 radical (unpaired) electrons. The van der Waals surface area contributed by atoms with E-state index in [9.17, 15) is 19.4 Å². The van der Waals surface area contributed by atoms with Crippen LogP contribution in [-0.2, 0) is 43.9 Å². The van der Waals surface area contributed by atoms with Crippen LogP contribution in [0.4, 0.5) is 16.2 Å². The molecule has 20 nitrogen and oxygen atoms in total. The second kappa shape index (κ2) is 13.1. The minimum absolute atomic E-state index is 0.0108. The molecule has 47 heavy (non-hydrogen) atoms. The van der Waals surface area contributed by atoms with E-state index in [-0.39, 0.29) is 47.1 Å². The molecule has 2 fully saturated rings. The number of anilines is 2. The fraction of sp³-hybridized carbons (Fsp3) is 0.500. The number of imidazole rings is 2. The first-order valence-electron chi connectivity index (χ1n) is 13.5. The molecule has 0 amide bonds. The summed E-state index contributed by atoms with van der Waals surface area (Å²) < 4.78 is 64.3. The van der Waals surface area contributed by atoms with Gasteiger partial charge in [-0.1, -0.05) is 5.69 Å². The maximum atomic E-state index is 16.1. The van der Waals surface area contributed by atoms with Crippen molar-refractivity contribution in [1.29, 1.82) is 0 Å². The molecule has 0 aliphatic carbocycles. The largest absolute Gasteiger partial charge is 0.417 e. The highest BCUT2D eigenvalue weighted by molar-refractivity contribution is 8.48. The second-order valence-corrected chi connectivity index (χ2v) is 16.7. The third-order valence-electron chi connectivity index (χ3n) is 7.25.